The third kappa shape index (κ3) is 5.41. The Labute approximate surface area is 114 Å². The van der Waals surface area contributed by atoms with Gasteiger partial charge in [0.15, 0.2) is 0 Å². The van der Waals surface area contributed by atoms with Gasteiger partial charge < -0.3 is 10.6 Å². The molecular formula is C14H24N2O3. The summed E-state index contributed by atoms with van der Waals surface area (Å²) >= 11 is 0. The molecule has 1 fully saturated rings. The summed E-state index contributed by atoms with van der Waals surface area (Å²) in [5.74, 6) is -1.10. The first-order chi connectivity index (χ1) is 8.90. The van der Waals surface area contributed by atoms with Crippen LogP contribution in [0.1, 0.15) is 52.9 Å². The number of nitrogens with one attached hydrogen (secondary N) is 2. The van der Waals surface area contributed by atoms with Crippen molar-refractivity contribution in [2.45, 2.75) is 65.0 Å². The van der Waals surface area contributed by atoms with Crippen LogP contribution in [0.3, 0.4) is 0 Å². The molecule has 1 atom stereocenters. The Bertz CT molecular complexity index is 347. The number of rotatable bonds is 6. The number of carbonyl (C=O) groups is 3. The van der Waals surface area contributed by atoms with Crippen molar-refractivity contribution >= 4 is 17.6 Å². The quantitative estimate of drug-likeness (QED) is 0.710. The highest BCUT2D eigenvalue weighted by molar-refractivity contribution is 6.37. The molecule has 1 saturated carbocycles. The van der Waals surface area contributed by atoms with Crippen LogP contribution in [0, 0.1) is 5.92 Å². The molecule has 0 spiro atoms. The highest BCUT2D eigenvalue weighted by Gasteiger charge is 2.28. The monoisotopic (exact) mass is 268 g/mol. The van der Waals surface area contributed by atoms with Crippen LogP contribution >= 0.6 is 0 Å². The maximum absolute atomic E-state index is 11.8. The summed E-state index contributed by atoms with van der Waals surface area (Å²) in [5.41, 5.74) is 0. The van der Waals surface area contributed by atoms with Crippen LogP contribution in [-0.4, -0.2) is 29.7 Å². The van der Waals surface area contributed by atoms with Gasteiger partial charge in [-0.3, -0.25) is 14.4 Å². The molecule has 1 unspecified atom stereocenters. The average Bonchev–Trinajstić information content (AvgIpc) is 2.79. The minimum atomic E-state index is -0.545. The summed E-state index contributed by atoms with van der Waals surface area (Å²) in [7, 11) is 0. The van der Waals surface area contributed by atoms with Crippen LogP contribution in [0.2, 0.25) is 0 Å². The molecule has 0 heterocycles. The number of Topliss-reactive ketones (excluding diaryl/α,β-unsaturated/α-hetero) is 1. The smallest absolute Gasteiger partial charge is 0.287 e. The molecule has 0 aromatic rings. The fraction of sp³-hybridized carbons (Fsp3) is 0.786. The molecule has 2 N–H and O–H groups in total. The number of hydrogen-bond acceptors (Lipinski definition) is 3. The molecule has 0 saturated heterocycles. The fourth-order valence-corrected chi connectivity index (χ4v) is 2.38. The zero-order chi connectivity index (χ0) is 14.4. The molecule has 19 heavy (non-hydrogen) atoms. The summed E-state index contributed by atoms with van der Waals surface area (Å²) in [6, 6.07) is -0.243. The lowest BCUT2D eigenvalue weighted by molar-refractivity contribution is -0.140. The molecule has 108 valence electrons. The van der Waals surface area contributed by atoms with E-state index < -0.39 is 5.91 Å². The van der Waals surface area contributed by atoms with Crippen LogP contribution in [0.4, 0.5) is 0 Å². The lowest BCUT2D eigenvalue weighted by Crippen LogP contribution is -2.43. The molecule has 2 amide bonds. The average molecular weight is 268 g/mol. The highest BCUT2D eigenvalue weighted by atomic mass is 16.2. The Balaban J connectivity index is 2.34. The normalized spacial score (nSPS) is 17.3. The Morgan fingerprint density at radius 2 is 1.63 bits per heavy atom. The van der Waals surface area contributed by atoms with Gasteiger partial charge in [0.25, 0.3) is 5.91 Å². The minimum absolute atomic E-state index is 0.0792. The second-order valence-corrected chi connectivity index (χ2v) is 5.65. The zero-order valence-electron chi connectivity index (χ0n) is 12.0. The van der Waals surface area contributed by atoms with E-state index in [2.05, 4.69) is 10.6 Å². The van der Waals surface area contributed by atoms with Crippen LogP contribution in [0.15, 0.2) is 0 Å². The lowest BCUT2D eigenvalue weighted by atomic mass is 10.0. The van der Waals surface area contributed by atoms with Crippen molar-refractivity contribution in [1.29, 1.82) is 0 Å². The van der Waals surface area contributed by atoms with Gasteiger partial charge in [-0.15, -0.1) is 0 Å². The largest absolute Gasteiger partial charge is 0.354 e. The van der Waals surface area contributed by atoms with Gasteiger partial charge in [0, 0.05) is 24.4 Å². The van der Waals surface area contributed by atoms with Crippen molar-refractivity contribution in [1.82, 2.24) is 10.6 Å². The van der Waals surface area contributed by atoms with Crippen molar-refractivity contribution in [2.75, 3.05) is 0 Å². The number of amides is 2. The van der Waals surface area contributed by atoms with Gasteiger partial charge in [-0.25, -0.2) is 0 Å². The molecule has 0 aliphatic heterocycles. The van der Waals surface area contributed by atoms with E-state index in [1.165, 1.54) is 0 Å². The molecule has 0 bridgehead atoms. The van der Waals surface area contributed by atoms with E-state index in [1.54, 1.807) is 6.92 Å². The van der Waals surface area contributed by atoms with Gasteiger partial charge in [0.1, 0.15) is 0 Å². The van der Waals surface area contributed by atoms with Crippen LogP contribution in [-0.2, 0) is 14.4 Å². The number of carbonyl (C=O) groups excluding carboxylic acids is 3. The first kappa shape index (κ1) is 15.7. The molecular weight excluding hydrogens is 244 g/mol. The predicted octanol–water partition coefficient (Wildman–Crippen LogP) is 1.17. The summed E-state index contributed by atoms with van der Waals surface area (Å²) in [6.45, 7) is 5.50. The van der Waals surface area contributed by atoms with Crippen molar-refractivity contribution in [2.24, 2.45) is 5.92 Å². The molecule has 1 aliphatic carbocycles. The molecule has 1 aliphatic rings. The summed E-state index contributed by atoms with van der Waals surface area (Å²) in [5, 5.41) is 5.37. The maximum atomic E-state index is 11.8. The van der Waals surface area contributed by atoms with Crippen molar-refractivity contribution in [3.63, 3.8) is 0 Å². The van der Waals surface area contributed by atoms with E-state index in [-0.39, 0.29) is 36.1 Å². The van der Waals surface area contributed by atoms with Crippen molar-refractivity contribution in [3.05, 3.63) is 0 Å². The fourth-order valence-electron chi connectivity index (χ4n) is 2.38. The first-order valence-corrected chi connectivity index (χ1v) is 7.04. The van der Waals surface area contributed by atoms with Gasteiger partial charge in [-0.2, -0.15) is 0 Å². The van der Waals surface area contributed by atoms with Gasteiger partial charge in [-0.1, -0.05) is 12.8 Å². The molecule has 5 nitrogen and oxygen atoms in total. The van der Waals surface area contributed by atoms with E-state index in [0.29, 0.717) is 0 Å². The maximum Gasteiger partial charge on any atom is 0.287 e. The topological polar surface area (TPSA) is 75.3 Å². The first-order valence-electron chi connectivity index (χ1n) is 7.04. The summed E-state index contributed by atoms with van der Waals surface area (Å²) in [4.78, 5) is 35.1. The molecule has 0 aromatic heterocycles. The van der Waals surface area contributed by atoms with Gasteiger partial charge in [-0.05, 0) is 33.6 Å². The van der Waals surface area contributed by atoms with E-state index in [9.17, 15) is 14.4 Å². The lowest BCUT2D eigenvalue weighted by Gasteiger charge is -2.15. The van der Waals surface area contributed by atoms with Crippen LogP contribution < -0.4 is 10.6 Å². The minimum Gasteiger partial charge on any atom is -0.354 e. The summed E-state index contributed by atoms with van der Waals surface area (Å²) < 4.78 is 0. The van der Waals surface area contributed by atoms with Crippen LogP contribution in [0.25, 0.3) is 0 Å². The Hall–Kier alpha value is -1.39. The second-order valence-electron chi connectivity index (χ2n) is 5.65. The van der Waals surface area contributed by atoms with Gasteiger partial charge in [0.2, 0.25) is 11.7 Å². The van der Waals surface area contributed by atoms with Crippen LogP contribution in [0.5, 0.6) is 0 Å². The zero-order valence-corrected chi connectivity index (χ0v) is 12.0. The van der Waals surface area contributed by atoms with E-state index in [1.807, 2.05) is 13.8 Å². The Morgan fingerprint density at radius 3 is 2.16 bits per heavy atom. The third-order valence-electron chi connectivity index (χ3n) is 3.27. The third-order valence-corrected chi connectivity index (χ3v) is 3.27. The molecule has 1 rings (SSSR count). The van der Waals surface area contributed by atoms with E-state index >= 15 is 0 Å². The predicted molar refractivity (Wildman–Crippen MR) is 72.5 cm³/mol. The Morgan fingerprint density at radius 1 is 1.05 bits per heavy atom. The second kappa shape index (κ2) is 7.26. The van der Waals surface area contributed by atoms with E-state index in [0.717, 1.165) is 25.7 Å². The SMILES string of the molecule is CC(C)NC(=O)CC(C)NC(=O)C(=O)C1CCCC1. The van der Waals surface area contributed by atoms with Gasteiger partial charge >= 0.3 is 0 Å². The highest BCUT2D eigenvalue weighted by Crippen LogP contribution is 2.25. The number of hydrogen-bond donors (Lipinski definition) is 2. The number of ketones is 1. The van der Waals surface area contributed by atoms with E-state index in [4.69, 9.17) is 0 Å². The molecule has 0 aromatic carbocycles. The van der Waals surface area contributed by atoms with Gasteiger partial charge in [0.05, 0.1) is 0 Å². The van der Waals surface area contributed by atoms with Crippen molar-refractivity contribution in [3.8, 4) is 0 Å². The Kier molecular flexibility index (Phi) is 5.99. The van der Waals surface area contributed by atoms with Crippen molar-refractivity contribution < 1.29 is 14.4 Å². The summed E-state index contributed by atoms with van der Waals surface area (Å²) in [6.07, 6.45) is 3.87. The molecule has 0 radical (unpaired) electrons. The standard InChI is InChI=1S/C14H24N2O3/c1-9(2)15-12(17)8-10(3)16-14(19)13(18)11-6-4-5-7-11/h9-11H,4-8H2,1-3H3,(H,15,17)(H,16,19). The molecule has 5 heteroatoms.